The van der Waals surface area contributed by atoms with E-state index in [4.69, 9.17) is 5.73 Å². The normalized spacial score (nSPS) is 10.9. The second-order valence-corrected chi connectivity index (χ2v) is 7.21. The maximum absolute atomic E-state index is 12.9. The highest BCUT2D eigenvalue weighted by atomic mass is 35.5. The average Bonchev–Trinajstić information content (AvgIpc) is 3.03. The Morgan fingerprint density at radius 1 is 1.14 bits per heavy atom. The Morgan fingerprint density at radius 3 is 2.52 bits per heavy atom. The number of aromatic nitrogens is 1. The number of carbonyl (C=O) groups excluding carboxylic acids is 1. The van der Waals surface area contributed by atoms with E-state index in [1.807, 2.05) is 24.3 Å². The summed E-state index contributed by atoms with van der Waals surface area (Å²) in [5, 5.41) is 3.47. The van der Waals surface area contributed by atoms with Crippen molar-refractivity contribution in [2.24, 2.45) is 5.73 Å². The summed E-state index contributed by atoms with van der Waals surface area (Å²) in [5.41, 5.74) is 5.98. The summed E-state index contributed by atoms with van der Waals surface area (Å²) < 4.78 is 39.9. The summed E-state index contributed by atoms with van der Waals surface area (Å²) in [4.78, 5) is 16.6. The Kier molecular flexibility index (Phi) is 9.35. The number of hydrogen-bond acceptors (Lipinski definition) is 4. The van der Waals surface area contributed by atoms with E-state index in [9.17, 15) is 18.0 Å². The van der Waals surface area contributed by atoms with Crippen LogP contribution < -0.4 is 11.1 Å². The van der Waals surface area contributed by atoms with Crippen molar-refractivity contribution in [1.82, 2.24) is 4.98 Å². The number of nitrogens with two attached hydrogens (primary N) is 1. The topological polar surface area (TPSA) is 68.0 Å². The minimum atomic E-state index is -4.49. The van der Waals surface area contributed by atoms with Gasteiger partial charge >= 0.3 is 6.18 Å². The molecule has 1 amide bonds. The molecule has 0 saturated heterocycles. The van der Waals surface area contributed by atoms with Crippen LogP contribution in [0.2, 0.25) is 0 Å². The molecule has 158 valence electrons. The Labute approximate surface area is 182 Å². The fourth-order valence-corrected chi connectivity index (χ4v) is 3.71. The van der Waals surface area contributed by atoms with E-state index in [2.05, 4.69) is 10.3 Å². The summed E-state index contributed by atoms with van der Waals surface area (Å²) >= 11 is 1.58. The zero-order valence-corrected chi connectivity index (χ0v) is 17.6. The third-order valence-electron chi connectivity index (χ3n) is 3.97. The Morgan fingerprint density at radius 2 is 1.86 bits per heavy atom. The molecule has 3 aromatic rings. The SMILES string of the molecule is Cl.Cl.NCc1cc(NC(=O)CCCc2nc3ccccc3s2)cc(C(F)(F)F)c1. The molecule has 0 aliphatic rings. The number of fused-ring (bicyclic) bond motifs is 1. The number of para-hydroxylation sites is 1. The van der Waals surface area contributed by atoms with Crippen molar-refractivity contribution < 1.29 is 18.0 Å². The van der Waals surface area contributed by atoms with E-state index in [1.165, 1.54) is 6.07 Å². The van der Waals surface area contributed by atoms with Gasteiger partial charge in [0.2, 0.25) is 5.91 Å². The lowest BCUT2D eigenvalue weighted by atomic mass is 10.1. The molecular formula is C19H20Cl2F3N3OS. The summed E-state index contributed by atoms with van der Waals surface area (Å²) in [6, 6.07) is 11.2. The van der Waals surface area contributed by atoms with Gasteiger partial charge in [0, 0.05) is 18.7 Å². The Balaban J connectivity index is 0.00000210. The minimum absolute atomic E-state index is 0. The van der Waals surface area contributed by atoms with E-state index in [1.54, 1.807) is 11.3 Å². The van der Waals surface area contributed by atoms with Gasteiger partial charge in [0.25, 0.3) is 0 Å². The predicted octanol–water partition coefficient (Wildman–Crippen LogP) is 5.58. The zero-order valence-electron chi connectivity index (χ0n) is 15.2. The number of halogens is 5. The standard InChI is InChI=1S/C19H18F3N3OS.2ClH/c20-19(21,22)13-8-12(11-23)9-14(10-13)24-17(26)6-3-7-18-25-15-4-1-2-5-16(15)27-18;;/h1-2,4-5,8-10H,3,6-7,11,23H2,(H,24,26);2*1H. The number of nitrogens with one attached hydrogen (secondary N) is 1. The van der Waals surface area contributed by atoms with Crippen molar-refractivity contribution >= 4 is 58.0 Å². The lowest BCUT2D eigenvalue weighted by molar-refractivity contribution is -0.137. The molecule has 0 aliphatic carbocycles. The second-order valence-electron chi connectivity index (χ2n) is 6.10. The molecule has 2 aromatic carbocycles. The molecule has 0 unspecified atom stereocenters. The molecule has 29 heavy (non-hydrogen) atoms. The number of rotatable bonds is 6. The average molecular weight is 466 g/mol. The molecule has 4 nitrogen and oxygen atoms in total. The van der Waals surface area contributed by atoms with Gasteiger partial charge in [0.05, 0.1) is 20.8 Å². The van der Waals surface area contributed by atoms with Gasteiger partial charge in [0.15, 0.2) is 0 Å². The van der Waals surface area contributed by atoms with Crippen LogP contribution in [0.5, 0.6) is 0 Å². The molecule has 0 radical (unpaired) electrons. The molecule has 10 heteroatoms. The summed E-state index contributed by atoms with van der Waals surface area (Å²) in [6.07, 6.45) is -3.08. The molecule has 0 spiro atoms. The summed E-state index contributed by atoms with van der Waals surface area (Å²) in [6.45, 7) is -0.0373. The van der Waals surface area contributed by atoms with Crippen LogP contribution in [0, 0.1) is 0 Å². The van der Waals surface area contributed by atoms with Crippen LogP contribution in [0.3, 0.4) is 0 Å². The Bertz CT molecular complexity index is 930. The Hall–Kier alpha value is -1.87. The van der Waals surface area contributed by atoms with Crippen LogP contribution in [-0.2, 0) is 23.9 Å². The number of thiazole rings is 1. The summed E-state index contributed by atoms with van der Waals surface area (Å²) in [5.74, 6) is -0.335. The van der Waals surface area contributed by atoms with Crippen molar-refractivity contribution in [3.8, 4) is 0 Å². The number of anilines is 1. The van der Waals surface area contributed by atoms with Gasteiger partial charge in [-0.1, -0.05) is 12.1 Å². The zero-order chi connectivity index (χ0) is 19.4. The van der Waals surface area contributed by atoms with E-state index in [0.29, 0.717) is 18.4 Å². The number of benzene rings is 2. The van der Waals surface area contributed by atoms with E-state index in [0.717, 1.165) is 27.4 Å². The molecule has 1 aromatic heterocycles. The highest BCUT2D eigenvalue weighted by Crippen LogP contribution is 2.32. The van der Waals surface area contributed by atoms with Crippen molar-refractivity contribution in [2.75, 3.05) is 5.32 Å². The molecule has 0 bridgehead atoms. The molecule has 0 atom stereocenters. The van der Waals surface area contributed by atoms with E-state index >= 15 is 0 Å². The van der Waals surface area contributed by atoms with Gasteiger partial charge in [-0.15, -0.1) is 36.2 Å². The number of amides is 1. The van der Waals surface area contributed by atoms with Gasteiger partial charge in [0.1, 0.15) is 0 Å². The van der Waals surface area contributed by atoms with Crippen molar-refractivity contribution in [3.05, 3.63) is 58.6 Å². The van der Waals surface area contributed by atoms with Crippen LogP contribution >= 0.6 is 36.2 Å². The molecule has 3 rings (SSSR count). The quantitative estimate of drug-likeness (QED) is 0.499. The first-order valence-electron chi connectivity index (χ1n) is 8.40. The molecular weight excluding hydrogens is 446 g/mol. The highest BCUT2D eigenvalue weighted by Gasteiger charge is 2.31. The largest absolute Gasteiger partial charge is 0.416 e. The van der Waals surface area contributed by atoms with Gasteiger partial charge in [-0.3, -0.25) is 4.79 Å². The van der Waals surface area contributed by atoms with Crippen LogP contribution in [0.4, 0.5) is 18.9 Å². The van der Waals surface area contributed by atoms with Crippen LogP contribution in [0.15, 0.2) is 42.5 Å². The number of carbonyl (C=O) groups is 1. The molecule has 0 saturated carbocycles. The van der Waals surface area contributed by atoms with Crippen molar-refractivity contribution in [2.45, 2.75) is 32.0 Å². The number of nitrogens with zero attached hydrogens (tertiary/aromatic N) is 1. The first-order valence-corrected chi connectivity index (χ1v) is 9.22. The van der Waals surface area contributed by atoms with Gasteiger partial charge in [-0.05, 0) is 48.7 Å². The molecule has 0 aliphatic heterocycles. The highest BCUT2D eigenvalue weighted by molar-refractivity contribution is 7.18. The fraction of sp³-hybridized carbons (Fsp3) is 0.263. The number of aryl methyl sites for hydroxylation is 1. The van der Waals surface area contributed by atoms with Crippen LogP contribution in [0.1, 0.15) is 29.0 Å². The maximum atomic E-state index is 12.9. The minimum Gasteiger partial charge on any atom is -0.326 e. The molecule has 0 fully saturated rings. The van der Waals surface area contributed by atoms with Crippen molar-refractivity contribution in [1.29, 1.82) is 0 Å². The molecule has 3 N–H and O–H groups in total. The van der Waals surface area contributed by atoms with Crippen LogP contribution in [-0.4, -0.2) is 10.9 Å². The van der Waals surface area contributed by atoms with Gasteiger partial charge in [-0.25, -0.2) is 4.98 Å². The summed E-state index contributed by atoms with van der Waals surface area (Å²) in [7, 11) is 0. The lowest BCUT2D eigenvalue weighted by Crippen LogP contribution is -2.14. The fourth-order valence-electron chi connectivity index (χ4n) is 2.70. The maximum Gasteiger partial charge on any atom is 0.416 e. The molecule has 1 heterocycles. The third-order valence-corrected chi connectivity index (χ3v) is 5.07. The first kappa shape index (κ1) is 25.2. The van der Waals surface area contributed by atoms with Gasteiger partial charge in [-0.2, -0.15) is 13.2 Å². The number of alkyl halides is 3. The van der Waals surface area contributed by atoms with Crippen molar-refractivity contribution in [3.63, 3.8) is 0 Å². The van der Waals surface area contributed by atoms with Gasteiger partial charge < -0.3 is 11.1 Å². The lowest BCUT2D eigenvalue weighted by Gasteiger charge is -2.12. The smallest absolute Gasteiger partial charge is 0.326 e. The first-order chi connectivity index (χ1) is 12.8. The third kappa shape index (κ3) is 6.85. The second kappa shape index (κ2) is 10.8. The number of hydrogen-bond donors (Lipinski definition) is 2. The van der Waals surface area contributed by atoms with Crippen LogP contribution in [0.25, 0.3) is 10.2 Å². The van der Waals surface area contributed by atoms with E-state index in [-0.39, 0.29) is 49.4 Å². The predicted molar refractivity (Wildman–Crippen MR) is 115 cm³/mol. The van der Waals surface area contributed by atoms with E-state index < -0.39 is 11.7 Å². The monoisotopic (exact) mass is 465 g/mol.